The fraction of sp³-hybridized carbons (Fsp3) is 1.00. The van der Waals surface area contributed by atoms with Crippen LogP contribution in [0.2, 0.25) is 0 Å². The molecule has 0 aromatic carbocycles. The van der Waals surface area contributed by atoms with Gasteiger partial charge in [0.1, 0.15) is 0 Å². The first kappa shape index (κ1) is 10.7. The third-order valence-electron chi connectivity index (χ3n) is 1.53. The Hall–Kier alpha value is 0.660. The molecule has 0 saturated heterocycles. The Morgan fingerprint density at radius 2 is 1.80 bits per heavy atom. The van der Waals surface area contributed by atoms with E-state index in [0.717, 1.165) is 19.4 Å². The molecule has 0 bridgehead atoms. The molecule has 0 aromatic heterocycles. The van der Waals surface area contributed by atoms with Crippen molar-refractivity contribution in [3.63, 3.8) is 0 Å². The van der Waals surface area contributed by atoms with E-state index >= 15 is 0 Å². The minimum atomic E-state index is -0.0791. The van der Waals surface area contributed by atoms with E-state index in [-0.39, 0.29) is 4.08 Å². The van der Waals surface area contributed by atoms with E-state index < -0.39 is 0 Å². The largest absolute Gasteiger partial charge is 0.309 e. The number of thiol groups is 2. The number of nitrogens with zero attached hydrogens (tertiary/aromatic N) is 1. The molecule has 0 unspecified atom stereocenters. The average Bonchev–Trinajstić information content (AvgIpc) is 1.85. The highest BCUT2D eigenvalue weighted by atomic mass is 32.2. The molecular formula is C7H17NS2. The Bertz CT molecular complexity index is 91.6. The molecule has 0 saturated carbocycles. The first-order valence-electron chi connectivity index (χ1n) is 3.57. The van der Waals surface area contributed by atoms with Crippen LogP contribution in [0.5, 0.6) is 0 Å². The van der Waals surface area contributed by atoms with Crippen LogP contribution in [0.1, 0.15) is 19.8 Å². The van der Waals surface area contributed by atoms with Crippen molar-refractivity contribution in [3.8, 4) is 0 Å². The molecule has 0 aliphatic rings. The quantitative estimate of drug-likeness (QED) is 0.492. The van der Waals surface area contributed by atoms with Gasteiger partial charge in [-0.1, -0.05) is 6.92 Å². The van der Waals surface area contributed by atoms with Gasteiger partial charge in [-0.05, 0) is 33.5 Å². The maximum atomic E-state index is 4.40. The first-order chi connectivity index (χ1) is 4.48. The Morgan fingerprint density at radius 1 is 1.30 bits per heavy atom. The molecule has 0 amide bonds. The predicted octanol–water partition coefficient (Wildman–Crippen LogP) is 1.90. The highest BCUT2D eigenvalue weighted by molar-refractivity contribution is 8.00. The summed E-state index contributed by atoms with van der Waals surface area (Å²) in [6, 6.07) is 0. The zero-order valence-electron chi connectivity index (χ0n) is 6.96. The molecule has 62 valence electrons. The SMILES string of the molecule is CCC(S)(S)CCN(C)C. The van der Waals surface area contributed by atoms with Gasteiger partial charge >= 0.3 is 0 Å². The molecule has 0 aliphatic heterocycles. The molecule has 0 fully saturated rings. The lowest BCUT2D eigenvalue weighted by molar-refractivity contribution is 0.391. The molecular weight excluding hydrogens is 162 g/mol. The minimum absolute atomic E-state index is 0.0791. The van der Waals surface area contributed by atoms with E-state index in [1.54, 1.807) is 0 Å². The smallest absolute Gasteiger partial charge is 0.0561 e. The van der Waals surface area contributed by atoms with E-state index in [1.165, 1.54) is 0 Å². The summed E-state index contributed by atoms with van der Waals surface area (Å²) in [5.41, 5.74) is 0. The van der Waals surface area contributed by atoms with Crippen molar-refractivity contribution < 1.29 is 0 Å². The number of hydrogen-bond acceptors (Lipinski definition) is 3. The van der Waals surface area contributed by atoms with E-state index in [1.807, 2.05) is 0 Å². The van der Waals surface area contributed by atoms with Gasteiger partial charge in [-0.3, -0.25) is 0 Å². The molecule has 3 heteroatoms. The van der Waals surface area contributed by atoms with Gasteiger partial charge in [0.25, 0.3) is 0 Å². The summed E-state index contributed by atoms with van der Waals surface area (Å²) in [6.45, 7) is 3.16. The van der Waals surface area contributed by atoms with Crippen LogP contribution in [0.3, 0.4) is 0 Å². The van der Waals surface area contributed by atoms with Gasteiger partial charge in [0.15, 0.2) is 0 Å². The van der Waals surface area contributed by atoms with Crippen LogP contribution >= 0.6 is 25.3 Å². The second-order valence-corrected chi connectivity index (χ2v) is 4.95. The molecule has 0 heterocycles. The second kappa shape index (κ2) is 4.52. The van der Waals surface area contributed by atoms with Crippen molar-refractivity contribution in [2.75, 3.05) is 20.6 Å². The fourth-order valence-corrected chi connectivity index (χ4v) is 0.779. The van der Waals surface area contributed by atoms with Crippen LogP contribution in [0.15, 0.2) is 0 Å². The molecule has 0 atom stereocenters. The van der Waals surface area contributed by atoms with Gasteiger partial charge in [0.2, 0.25) is 0 Å². The minimum Gasteiger partial charge on any atom is -0.309 e. The Labute approximate surface area is 75.0 Å². The zero-order chi connectivity index (χ0) is 8.20. The van der Waals surface area contributed by atoms with Gasteiger partial charge in [-0.25, -0.2) is 0 Å². The van der Waals surface area contributed by atoms with E-state index in [9.17, 15) is 0 Å². The molecule has 0 spiro atoms. The molecule has 0 rings (SSSR count). The Balaban J connectivity index is 3.46. The van der Waals surface area contributed by atoms with Gasteiger partial charge in [-0.2, -0.15) is 25.3 Å². The third-order valence-corrected chi connectivity index (χ3v) is 2.61. The standard InChI is InChI=1S/C7H17NS2/c1-4-7(9,10)5-6-8(2)3/h9-10H,4-6H2,1-3H3. The highest BCUT2D eigenvalue weighted by Gasteiger charge is 2.16. The predicted molar refractivity (Wildman–Crippen MR) is 54.2 cm³/mol. The first-order valence-corrected chi connectivity index (χ1v) is 4.47. The van der Waals surface area contributed by atoms with Crippen molar-refractivity contribution in [2.24, 2.45) is 0 Å². The van der Waals surface area contributed by atoms with Crippen LogP contribution < -0.4 is 0 Å². The third kappa shape index (κ3) is 5.45. The summed E-state index contributed by atoms with van der Waals surface area (Å²) >= 11 is 8.80. The number of rotatable bonds is 4. The normalized spacial score (nSPS) is 12.6. The number of hydrogen-bond donors (Lipinski definition) is 2. The molecule has 0 radical (unpaired) electrons. The summed E-state index contributed by atoms with van der Waals surface area (Å²) in [7, 11) is 4.13. The van der Waals surface area contributed by atoms with Crippen molar-refractivity contribution >= 4 is 25.3 Å². The molecule has 0 aromatic rings. The lowest BCUT2D eigenvalue weighted by atomic mass is 10.2. The molecule has 1 nitrogen and oxygen atoms in total. The molecule has 0 aliphatic carbocycles. The van der Waals surface area contributed by atoms with Crippen LogP contribution in [-0.2, 0) is 0 Å². The maximum absolute atomic E-state index is 4.40. The lowest BCUT2D eigenvalue weighted by Gasteiger charge is -2.22. The van der Waals surface area contributed by atoms with Gasteiger partial charge in [0, 0.05) is 0 Å². The lowest BCUT2D eigenvalue weighted by Crippen LogP contribution is -2.21. The van der Waals surface area contributed by atoms with E-state index in [2.05, 4.69) is 51.2 Å². The topological polar surface area (TPSA) is 3.24 Å². The van der Waals surface area contributed by atoms with Crippen LogP contribution in [0.25, 0.3) is 0 Å². The average molecular weight is 179 g/mol. The second-order valence-electron chi connectivity index (χ2n) is 2.89. The van der Waals surface area contributed by atoms with Crippen molar-refractivity contribution in [3.05, 3.63) is 0 Å². The Morgan fingerprint density at radius 3 is 2.10 bits per heavy atom. The summed E-state index contributed by atoms with van der Waals surface area (Å²) < 4.78 is -0.0791. The van der Waals surface area contributed by atoms with Gasteiger partial charge < -0.3 is 4.90 Å². The summed E-state index contributed by atoms with van der Waals surface area (Å²) in [6.07, 6.45) is 2.04. The van der Waals surface area contributed by atoms with Crippen molar-refractivity contribution in [1.29, 1.82) is 0 Å². The Kier molecular flexibility index (Phi) is 4.82. The summed E-state index contributed by atoms with van der Waals surface area (Å²) in [5.74, 6) is 0. The van der Waals surface area contributed by atoms with Crippen LogP contribution in [-0.4, -0.2) is 29.6 Å². The zero-order valence-corrected chi connectivity index (χ0v) is 8.75. The molecule has 10 heavy (non-hydrogen) atoms. The van der Waals surface area contributed by atoms with Crippen molar-refractivity contribution in [2.45, 2.75) is 23.8 Å². The van der Waals surface area contributed by atoms with Gasteiger partial charge in [-0.15, -0.1) is 0 Å². The van der Waals surface area contributed by atoms with E-state index in [0.29, 0.717) is 0 Å². The monoisotopic (exact) mass is 179 g/mol. The van der Waals surface area contributed by atoms with Crippen molar-refractivity contribution in [1.82, 2.24) is 4.90 Å². The summed E-state index contributed by atoms with van der Waals surface area (Å²) in [5, 5.41) is 0. The fourth-order valence-electron chi connectivity index (χ4n) is 0.579. The van der Waals surface area contributed by atoms with E-state index in [4.69, 9.17) is 0 Å². The van der Waals surface area contributed by atoms with Crippen LogP contribution in [0, 0.1) is 0 Å². The highest BCUT2D eigenvalue weighted by Crippen LogP contribution is 2.27. The van der Waals surface area contributed by atoms with Gasteiger partial charge in [0.05, 0.1) is 4.08 Å². The maximum Gasteiger partial charge on any atom is 0.0561 e. The van der Waals surface area contributed by atoms with Crippen LogP contribution in [0.4, 0.5) is 0 Å². The molecule has 0 N–H and O–H groups in total. The summed E-state index contributed by atoms with van der Waals surface area (Å²) in [4.78, 5) is 2.15.